The van der Waals surface area contributed by atoms with Crippen molar-refractivity contribution in [3.05, 3.63) is 39.9 Å². The first-order valence-electron chi connectivity index (χ1n) is 6.03. The molecule has 1 saturated carbocycles. The third-order valence-electron chi connectivity index (χ3n) is 3.15. The lowest BCUT2D eigenvalue weighted by Gasteiger charge is -2.08. The summed E-state index contributed by atoms with van der Waals surface area (Å²) in [5.41, 5.74) is 1.91. The highest BCUT2D eigenvalue weighted by atomic mass is 79.9. The number of hydrogen-bond acceptors (Lipinski definition) is 3. The average Bonchev–Trinajstić information content (AvgIpc) is 3.09. The van der Waals surface area contributed by atoms with Gasteiger partial charge >= 0.3 is 5.97 Å². The van der Waals surface area contributed by atoms with E-state index in [4.69, 9.17) is 5.11 Å². The van der Waals surface area contributed by atoms with E-state index < -0.39 is 5.97 Å². The molecule has 0 saturated heterocycles. The van der Waals surface area contributed by atoms with Crippen molar-refractivity contribution >= 4 is 21.9 Å². The molecule has 3 rings (SSSR count). The van der Waals surface area contributed by atoms with Gasteiger partial charge in [0.25, 0.3) is 5.82 Å². The van der Waals surface area contributed by atoms with Crippen molar-refractivity contribution in [2.75, 3.05) is 0 Å². The van der Waals surface area contributed by atoms with E-state index in [1.165, 1.54) is 0 Å². The third-order valence-corrected chi connectivity index (χ3v) is 3.65. The minimum atomic E-state index is -1.09. The maximum absolute atomic E-state index is 11.0. The Balaban J connectivity index is 2.15. The molecule has 0 atom stereocenters. The van der Waals surface area contributed by atoms with Crippen LogP contribution >= 0.6 is 15.9 Å². The number of halogens is 1. The van der Waals surface area contributed by atoms with Crippen LogP contribution in [-0.4, -0.2) is 25.8 Å². The van der Waals surface area contributed by atoms with E-state index in [1.807, 2.05) is 25.1 Å². The van der Waals surface area contributed by atoms with Crippen molar-refractivity contribution in [1.29, 1.82) is 0 Å². The van der Waals surface area contributed by atoms with Crippen LogP contribution in [0.1, 0.15) is 40.8 Å². The second-order valence-corrected chi connectivity index (χ2v) is 5.63. The number of aryl methyl sites for hydroxylation is 1. The molecule has 98 valence electrons. The van der Waals surface area contributed by atoms with Crippen LogP contribution in [0.4, 0.5) is 0 Å². The molecule has 19 heavy (non-hydrogen) atoms. The van der Waals surface area contributed by atoms with Gasteiger partial charge in [-0.1, -0.05) is 15.9 Å². The van der Waals surface area contributed by atoms with Gasteiger partial charge in [-0.2, -0.15) is 0 Å². The lowest BCUT2D eigenvalue weighted by atomic mass is 10.2. The number of aromatic nitrogens is 3. The van der Waals surface area contributed by atoms with Gasteiger partial charge in [0.05, 0.1) is 5.69 Å². The van der Waals surface area contributed by atoms with Gasteiger partial charge in [-0.25, -0.2) is 14.5 Å². The van der Waals surface area contributed by atoms with Gasteiger partial charge in [0.2, 0.25) is 0 Å². The van der Waals surface area contributed by atoms with Gasteiger partial charge in [-0.3, -0.25) is 0 Å². The van der Waals surface area contributed by atoms with E-state index in [2.05, 4.69) is 26.0 Å². The second-order valence-electron chi connectivity index (χ2n) is 4.72. The molecule has 0 aliphatic heterocycles. The van der Waals surface area contributed by atoms with Crippen molar-refractivity contribution < 1.29 is 9.90 Å². The lowest BCUT2D eigenvalue weighted by Crippen LogP contribution is -2.05. The maximum atomic E-state index is 11.0. The number of nitrogens with zero attached hydrogens (tertiary/aromatic N) is 3. The Morgan fingerprint density at radius 3 is 2.79 bits per heavy atom. The van der Waals surface area contributed by atoms with Crippen LogP contribution in [0.2, 0.25) is 0 Å². The number of rotatable bonds is 3. The average molecular weight is 322 g/mol. The smallest absolute Gasteiger partial charge is 0.375 e. The van der Waals surface area contributed by atoms with Crippen LogP contribution in [0.25, 0.3) is 5.69 Å². The van der Waals surface area contributed by atoms with Crippen molar-refractivity contribution in [2.45, 2.75) is 25.7 Å². The Morgan fingerprint density at radius 2 is 2.21 bits per heavy atom. The standard InChI is InChI=1S/C13H12BrN3O2/c1-7-6-9(14)4-5-10(7)17-12(8-2-3-8)15-11(16-17)13(18)19/h4-6,8H,2-3H2,1H3,(H,18,19). The Labute approximate surface area is 118 Å². The molecule has 0 unspecified atom stereocenters. The van der Waals surface area contributed by atoms with Gasteiger partial charge in [0.1, 0.15) is 5.82 Å². The number of carbonyl (C=O) groups is 1. The van der Waals surface area contributed by atoms with Crippen LogP contribution in [-0.2, 0) is 0 Å². The molecule has 5 nitrogen and oxygen atoms in total. The van der Waals surface area contributed by atoms with Crippen LogP contribution < -0.4 is 0 Å². The summed E-state index contributed by atoms with van der Waals surface area (Å²) >= 11 is 3.42. The highest BCUT2D eigenvalue weighted by Crippen LogP contribution is 2.40. The van der Waals surface area contributed by atoms with E-state index in [0.29, 0.717) is 5.92 Å². The minimum Gasteiger partial charge on any atom is -0.475 e. The summed E-state index contributed by atoms with van der Waals surface area (Å²) in [5, 5.41) is 13.2. The monoisotopic (exact) mass is 321 g/mol. The van der Waals surface area contributed by atoms with Crippen LogP contribution in [0.15, 0.2) is 22.7 Å². The zero-order valence-corrected chi connectivity index (χ0v) is 11.9. The predicted octanol–water partition coefficient (Wildman–Crippen LogP) is 2.91. The number of carboxylic acid groups (broad SMARTS) is 1. The van der Waals surface area contributed by atoms with Gasteiger partial charge in [0, 0.05) is 10.4 Å². The Morgan fingerprint density at radius 1 is 1.47 bits per heavy atom. The van der Waals surface area contributed by atoms with Crippen molar-refractivity contribution in [3.8, 4) is 5.69 Å². The van der Waals surface area contributed by atoms with Gasteiger partial charge in [0.15, 0.2) is 0 Å². The molecule has 1 aliphatic carbocycles. The molecule has 1 N–H and O–H groups in total. The fourth-order valence-corrected chi connectivity index (χ4v) is 2.53. The fraction of sp³-hybridized carbons (Fsp3) is 0.308. The Bertz CT molecular complexity index is 662. The molecule has 0 spiro atoms. The highest BCUT2D eigenvalue weighted by molar-refractivity contribution is 9.10. The number of hydrogen-bond donors (Lipinski definition) is 1. The number of carboxylic acids is 1. The summed E-state index contributed by atoms with van der Waals surface area (Å²) in [6.45, 7) is 1.97. The topological polar surface area (TPSA) is 68.0 Å². The first kappa shape index (κ1) is 12.3. The molecule has 1 aromatic carbocycles. The summed E-state index contributed by atoms with van der Waals surface area (Å²) < 4.78 is 2.66. The van der Waals surface area contributed by atoms with Crippen molar-refractivity contribution in [1.82, 2.24) is 14.8 Å². The molecule has 1 aliphatic rings. The fourth-order valence-electron chi connectivity index (χ4n) is 2.05. The zero-order chi connectivity index (χ0) is 13.6. The number of benzene rings is 1. The van der Waals surface area contributed by atoms with Crippen LogP contribution in [0, 0.1) is 6.92 Å². The Hall–Kier alpha value is -1.69. The normalized spacial score (nSPS) is 14.6. The first-order chi connectivity index (χ1) is 9.06. The molecule has 0 radical (unpaired) electrons. The van der Waals surface area contributed by atoms with Gasteiger partial charge in [-0.05, 0) is 43.5 Å². The second kappa shape index (κ2) is 4.45. The molecule has 1 heterocycles. The van der Waals surface area contributed by atoms with E-state index in [-0.39, 0.29) is 5.82 Å². The third kappa shape index (κ3) is 2.28. The van der Waals surface area contributed by atoms with E-state index in [9.17, 15) is 4.79 Å². The van der Waals surface area contributed by atoms with E-state index >= 15 is 0 Å². The number of aromatic carboxylic acids is 1. The molecular weight excluding hydrogens is 310 g/mol. The zero-order valence-electron chi connectivity index (χ0n) is 10.3. The first-order valence-corrected chi connectivity index (χ1v) is 6.82. The molecule has 0 amide bonds. The van der Waals surface area contributed by atoms with E-state index in [0.717, 1.165) is 34.4 Å². The predicted molar refractivity (Wildman–Crippen MR) is 72.7 cm³/mol. The molecule has 2 aromatic rings. The van der Waals surface area contributed by atoms with Gasteiger partial charge in [-0.15, -0.1) is 5.10 Å². The molecule has 0 bridgehead atoms. The highest BCUT2D eigenvalue weighted by Gasteiger charge is 2.31. The maximum Gasteiger partial charge on any atom is 0.375 e. The SMILES string of the molecule is Cc1cc(Br)ccc1-n1nc(C(=O)O)nc1C1CC1. The van der Waals surface area contributed by atoms with Gasteiger partial charge < -0.3 is 5.11 Å². The van der Waals surface area contributed by atoms with Crippen molar-refractivity contribution in [2.24, 2.45) is 0 Å². The summed E-state index contributed by atoms with van der Waals surface area (Å²) in [6.07, 6.45) is 2.10. The molecule has 1 aromatic heterocycles. The van der Waals surface area contributed by atoms with Crippen LogP contribution in [0.5, 0.6) is 0 Å². The molecular formula is C13H12BrN3O2. The quantitative estimate of drug-likeness (QED) is 0.943. The molecule has 1 fully saturated rings. The van der Waals surface area contributed by atoms with Crippen molar-refractivity contribution in [3.63, 3.8) is 0 Å². The van der Waals surface area contributed by atoms with E-state index in [1.54, 1.807) is 4.68 Å². The van der Waals surface area contributed by atoms with Crippen LogP contribution in [0.3, 0.4) is 0 Å². The Kier molecular flexibility index (Phi) is 2.89. The summed E-state index contributed by atoms with van der Waals surface area (Å²) in [5.74, 6) is -0.133. The molecule has 6 heteroatoms. The summed E-state index contributed by atoms with van der Waals surface area (Å²) in [6, 6.07) is 5.82. The minimum absolute atomic E-state index is 0.135. The summed E-state index contributed by atoms with van der Waals surface area (Å²) in [7, 11) is 0. The summed E-state index contributed by atoms with van der Waals surface area (Å²) in [4.78, 5) is 15.2. The lowest BCUT2D eigenvalue weighted by molar-refractivity contribution is 0.0683. The largest absolute Gasteiger partial charge is 0.475 e.